The molecule has 3 N–H and O–H groups in total. The molecule has 0 radical (unpaired) electrons. The van der Waals surface area contributed by atoms with Gasteiger partial charge in [-0.05, 0) is 31.0 Å². The first-order valence-electron chi connectivity index (χ1n) is 9.61. The van der Waals surface area contributed by atoms with Crippen LogP contribution in [0.5, 0.6) is 0 Å². The van der Waals surface area contributed by atoms with Gasteiger partial charge in [0.15, 0.2) is 0 Å². The molecule has 0 bridgehead atoms. The molecule has 0 aliphatic rings. The molecule has 0 unspecified atom stereocenters. The fourth-order valence-corrected chi connectivity index (χ4v) is 3.37. The summed E-state index contributed by atoms with van der Waals surface area (Å²) in [6, 6.07) is 17.5. The zero-order valence-corrected chi connectivity index (χ0v) is 16.7. The van der Waals surface area contributed by atoms with Crippen LogP contribution >= 0.6 is 0 Å². The minimum absolute atomic E-state index is 0.131. The molecule has 2 aromatic heterocycles. The van der Waals surface area contributed by atoms with Gasteiger partial charge in [-0.25, -0.2) is 0 Å². The second-order valence-electron chi connectivity index (χ2n) is 6.93. The van der Waals surface area contributed by atoms with E-state index in [1.807, 2.05) is 55.5 Å². The van der Waals surface area contributed by atoms with Gasteiger partial charge in [0.25, 0.3) is 0 Å². The predicted molar refractivity (Wildman–Crippen MR) is 121 cm³/mol. The number of fused-ring (bicyclic) bond motifs is 3. The van der Waals surface area contributed by atoms with Crippen molar-refractivity contribution in [2.45, 2.75) is 20.3 Å². The Labute approximate surface area is 168 Å². The average Bonchev–Trinajstić information content (AvgIpc) is 3.12. The molecular formula is C23H23N5O. The van der Waals surface area contributed by atoms with Crippen molar-refractivity contribution in [1.29, 1.82) is 0 Å². The van der Waals surface area contributed by atoms with E-state index >= 15 is 0 Å². The molecule has 6 nitrogen and oxygen atoms in total. The summed E-state index contributed by atoms with van der Waals surface area (Å²) in [6.45, 7) is 4.03. The number of hydrogen-bond acceptors (Lipinski definition) is 3. The van der Waals surface area contributed by atoms with Gasteiger partial charge in [-0.3, -0.25) is 15.2 Å². The van der Waals surface area contributed by atoms with E-state index in [0.29, 0.717) is 5.84 Å². The second kappa shape index (κ2) is 7.75. The van der Waals surface area contributed by atoms with Gasteiger partial charge in [0.2, 0.25) is 5.56 Å². The lowest BCUT2D eigenvalue weighted by atomic mass is 10.0. The van der Waals surface area contributed by atoms with Crippen LogP contribution in [0.25, 0.3) is 33.1 Å². The third-order valence-corrected chi connectivity index (χ3v) is 5.03. The zero-order valence-electron chi connectivity index (χ0n) is 16.7. The summed E-state index contributed by atoms with van der Waals surface area (Å²) >= 11 is 0. The Bertz CT molecular complexity index is 1310. The summed E-state index contributed by atoms with van der Waals surface area (Å²) in [5.41, 5.74) is 9.32. The van der Waals surface area contributed by atoms with Crippen molar-refractivity contribution in [1.82, 2.24) is 15.4 Å². The van der Waals surface area contributed by atoms with E-state index in [1.165, 1.54) is 0 Å². The third-order valence-electron chi connectivity index (χ3n) is 5.03. The van der Waals surface area contributed by atoms with Gasteiger partial charge in [-0.2, -0.15) is 5.10 Å². The van der Waals surface area contributed by atoms with Gasteiger partial charge in [0.05, 0.1) is 11.0 Å². The lowest BCUT2D eigenvalue weighted by Crippen LogP contribution is -2.20. The summed E-state index contributed by atoms with van der Waals surface area (Å²) in [5.74, 6) is 0.678. The van der Waals surface area contributed by atoms with Crippen LogP contribution in [0.2, 0.25) is 0 Å². The van der Waals surface area contributed by atoms with Crippen molar-refractivity contribution < 1.29 is 0 Å². The number of para-hydroxylation sites is 1. The lowest BCUT2D eigenvalue weighted by molar-refractivity contribution is 0.996. The topological polar surface area (TPSA) is 85.4 Å². The first-order chi connectivity index (χ1) is 14.1. The van der Waals surface area contributed by atoms with E-state index in [9.17, 15) is 4.79 Å². The van der Waals surface area contributed by atoms with E-state index in [2.05, 4.69) is 32.4 Å². The largest absolute Gasteiger partial charge is 0.353 e. The number of H-pyrrole nitrogens is 2. The summed E-state index contributed by atoms with van der Waals surface area (Å²) in [5, 5.41) is 5.36. The van der Waals surface area contributed by atoms with Crippen molar-refractivity contribution in [2.24, 2.45) is 10.1 Å². The summed E-state index contributed by atoms with van der Waals surface area (Å²) in [6.07, 6.45) is 0.870. The highest BCUT2D eigenvalue weighted by Gasteiger charge is 2.13. The van der Waals surface area contributed by atoms with E-state index < -0.39 is 0 Å². The minimum Gasteiger partial charge on any atom is -0.353 e. The zero-order chi connectivity index (χ0) is 20.4. The third kappa shape index (κ3) is 3.57. The molecule has 0 saturated heterocycles. The van der Waals surface area contributed by atoms with E-state index in [1.54, 1.807) is 13.1 Å². The smallest absolute Gasteiger partial charge is 0.249 e. The molecule has 29 heavy (non-hydrogen) atoms. The minimum atomic E-state index is -0.131. The Morgan fingerprint density at radius 1 is 1.03 bits per heavy atom. The van der Waals surface area contributed by atoms with Gasteiger partial charge in [-0.1, -0.05) is 43.3 Å². The number of nitrogens with one attached hydrogen (secondary N) is 3. The molecule has 0 fully saturated rings. The van der Waals surface area contributed by atoms with Crippen LogP contribution < -0.4 is 11.0 Å². The first kappa shape index (κ1) is 18.7. The Hall–Kier alpha value is -3.67. The molecule has 0 amide bonds. The lowest BCUT2D eigenvalue weighted by Gasteiger charge is -2.09. The molecule has 0 aliphatic carbocycles. The molecule has 4 rings (SSSR count). The maximum Gasteiger partial charge on any atom is 0.249 e. The van der Waals surface area contributed by atoms with Crippen LogP contribution in [0, 0.1) is 0 Å². The molecular weight excluding hydrogens is 362 g/mol. The number of aromatic amines is 2. The van der Waals surface area contributed by atoms with E-state index in [-0.39, 0.29) is 5.56 Å². The molecule has 2 heterocycles. The number of aliphatic imine (C=N–C) groups is 1. The van der Waals surface area contributed by atoms with Crippen LogP contribution in [-0.4, -0.2) is 28.6 Å². The van der Waals surface area contributed by atoms with Crippen molar-refractivity contribution in [3.8, 4) is 11.1 Å². The van der Waals surface area contributed by atoms with Crippen LogP contribution in [0.3, 0.4) is 0 Å². The van der Waals surface area contributed by atoms with Crippen LogP contribution in [0.4, 0.5) is 0 Å². The number of amidine groups is 1. The van der Waals surface area contributed by atoms with Crippen molar-refractivity contribution in [2.75, 3.05) is 7.05 Å². The first-order valence-corrected chi connectivity index (χ1v) is 9.61. The number of nitrogens with zero attached hydrogens (tertiary/aromatic N) is 2. The Morgan fingerprint density at radius 2 is 1.86 bits per heavy atom. The molecule has 0 atom stereocenters. The van der Waals surface area contributed by atoms with Gasteiger partial charge < -0.3 is 9.97 Å². The van der Waals surface area contributed by atoms with Crippen molar-refractivity contribution in [3.05, 3.63) is 70.5 Å². The number of pyridine rings is 1. The van der Waals surface area contributed by atoms with Crippen molar-refractivity contribution >= 4 is 33.5 Å². The highest BCUT2D eigenvalue weighted by molar-refractivity contribution is 6.10. The number of hydrazone groups is 1. The Kier molecular flexibility index (Phi) is 4.99. The molecule has 4 aromatic rings. The fraction of sp³-hybridized carbons (Fsp3) is 0.174. The van der Waals surface area contributed by atoms with Gasteiger partial charge in [-0.15, -0.1) is 0 Å². The second-order valence-corrected chi connectivity index (χ2v) is 6.93. The average molecular weight is 385 g/mol. The predicted octanol–water partition coefficient (Wildman–Crippen LogP) is 4.43. The Morgan fingerprint density at radius 3 is 2.66 bits per heavy atom. The molecule has 0 saturated carbocycles. The molecule has 0 spiro atoms. The number of benzene rings is 2. The summed E-state index contributed by atoms with van der Waals surface area (Å²) in [4.78, 5) is 23.1. The summed E-state index contributed by atoms with van der Waals surface area (Å²) < 4.78 is 0. The monoisotopic (exact) mass is 385 g/mol. The maximum atomic E-state index is 12.4. The van der Waals surface area contributed by atoms with E-state index in [4.69, 9.17) is 0 Å². The van der Waals surface area contributed by atoms with E-state index in [0.717, 1.165) is 50.8 Å². The molecule has 2 aromatic carbocycles. The standard InChI is InChI=1S/C23H23N5O/c1-4-14(2)27-28-23(24-3)16-9-7-8-15(12-16)18-13-20(29)26-21-17-10-5-6-11-19(17)25-22(18)21/h5-13,25H,4H2,1-3H3,(H,24,28)(H,26,29). The summed E-state index contributed by atoms with van der Waals surface area (Å²) in [7, 11) is 1.73. The van der Waals surface area contributed by atoms with Crippen molar-refractivity contribution in [3.63, 3.8) is 0 Å². The number of hydrogen-bond donors (Lipinski definition) is 3. The fourth-order valence-electron chi connectivity index (χ4n) is 3.37. The number of rotatable bonds is 4. The van der Waals surface area contributed by atoms with Gasteiger partial charge >= 0.3 is 0 Å². The maximum absolute atomic E-state index is 12.4. The SMILES string of the molecule is CCC(C)=NNC(=NC)c1cccc(-c2cc(=O)[nH]c3c2[nH]c2ccccc23)c1. The quantitative estimate of drug-likeness (QED) is 0.276. The molecule has 0 aliphatic heterocycles. The van der Waals surface area contributed by atoms with Crippen LogP contribution in [0.1, 0.15) is 25.8 Å². The molecule has 6 heteroatoms. The van der Waals surface area contributed by atoms with Crippen LogP contribution in [-0.2, 0) is 0 Å². The number of aromatic nitrogens is 2. The Balaban J connectivity index is 1.85. The van der Waals surface area contributed by atoms with Crippen LogP contribution in [0.15, 0.2) is 69.5 Å². The highest BCUT2D eigenvalue weighted by Crippen LogP contribution is 2.31. The van der Waals surface area contributed by atoms with Gasteiger partial charge in [0, 0.05) is 40.9 Å². The highest BCUT2D eigenvalue weighted by atomic mass is 16.1. The van der Waals surface area contributed by atoms with Gasteiger partial charge in [0.1, 0.15) is 5.84 Å². The normalized spacial score (nSPS) is 12.7. The molecule has 146 valence electrons.